The Morgan fingerprint density at radius 2 is 2.07 bits per heavy atom. The molecule has 0 unspecified atom stereocenters. The van der Waals surface area contributed by atoms with Gasteiger partial charge in [0.05, 0.1) is 20.4 Å². The summed E-state index contributed by atoms with van der Waals surface area (Å²) in [5, 5.41) is 0. The van der Waals surface area contributed by atoms with Gasteiger partial charge in [0.15, 0.2) is 12.7 Å². The van der Waals surface area contributed by atoms with Gasteiger partial charge in [-0.1, -0.05) is 0 Å². The number of aromatic nitrogens is 2. The fourth-order valence-electron chi connectivity index (χ4n) is 0.782. The minimum atomic E-state index is -4.41. The van der Waals surface area contributed by atoms with E-state index in [1.807, 2.05) is 19.3 Å². The van der Waals surface area contributed by atoms with Gasteiger partial charge in [-0.25, -0.2) is 8.42 Å². The van der Waals surface area contributed by atoms with Crippen LogP contribution in [0.25, 0.3) is 0 Å². The molecule has 0 N–H and O–H groups in total. The molecule has 14 heavy (non-hydrogen) atoms. The summed E-state index contributed by atoms with van der Waals surface area (Å²) in [6.07, 6.45) is 4.09. The summed E-state index contributed by atoms with van der Waals surface area (Å²) in [6, 6.07) is 2.03. The molecule has 0 aliphatic carbocycles. The average Bonchev–Trinajstić information content (AvgIpc) is 2.51. The van der Waals surface area contributed by atoms with Crippen molar-refractivity contribution in [2.24, 2.45) is 7.05 Å². The lowest BCUT2D eigenvalue weighted by molar-refractivity contribution is -0.770. The summed E-state index contributed by atoms with van der Waals surface area (Å²) < 4.78 is 35.2. The molecule has 1 heterocycles. The van der Waals surface area contributed by atoms with Gasteiger partial charge >= 0.3 is 0 Å². The van der Waals surface area contributed by atoms with Crippen molar-refractivity contribution in [1.29, 1.82) is 0 Å². The van der Waals surface area contributed by atoms with Crippen LogP contribution in [0.1, 0.15) is 6.92 Å². The smallest absolute Gasteiger partial charge is 0.217 e. The van der Waals surface area contributed by atoms with Crippen LogP contribution in [0.5, 0.6) is 0 Å². The Morgan fingerprint density at radius 1 is 1.57 bits per heavy atom. The molecule has 0 radical (unpaired) electrons. The van der Waals surface area contributed by atoms with Crippen LogP contribution >= 0.6 is 0 Å². The third-order valence-corrected chi connectivity index (χ3v) is 1.90. The molecule has 0 fully saturated rings. The van der Waals surface area contributed by atoms with Crippen LogP contribution in [0.4, 0.5) is 0 Å². The Hall–Kier alpha value is -0.920. The molecule has 0 saturated heterocycles. The highest BCUT2D eigenvalue weighted by Gasteiger charge is 1.95. The quantitative estimate of drug-likeness (QED) is 0.381. The Labute approximate surface area is 83.7 Å². The maximum absolute atomic E-state index is 9.22. The first-order chi connectivity index (χ1) is 6.40. The summed E-state index contributed by atoms with van der Waals surface area (Å²) in [4.78, 5) is 0. The van der Waals surface area contributed by atoms with Gasteiger partial charge in [0.25, 0.3) is 0 Å². The topological polar surface area (TPSA) is 75.2 Å². The lowest BCUT2D eigenvalue weighted by atomic mass is 10.7. The first-order valence-electron chi connectivity index (χ1n) is 3.93. The molecule has 0 atom stereocenters. The normalized spacial score (nSPS) is 10.6. The van der Waals surface area contributed by atoms with E-state index < -0.39 is 10.4 Å². The van der Waals surface area contributed by atoms with Crippen molar-refractivity contribution in [3.05, 3.63) is 18.5 Å². The van der Waals surface area contributed by atoms with Gasteiger partial charge in [0.2, 0.25) is 10.4 Å². The molecular weight excluding hydrogens is 208 g/mol. The van der Waals surface area contributed by atoms with Gasteiger partial charge < -0.3 is 4.55 Å². The predicted octanol–water partition coefficient (Wildman–Crippen LogP) is -0.574. The summed E-state index contributed by atoms with van der Waals surface area (Å²) in [6.45, 7) is 3.17. The molecule has 0 spiro atoms. The number of hydrogen-bond acceptors (Lipinski definition) is 4. The minimum Gasteiger partial charge on any atom is -0.726 e. The van der Waals surface area contributed by atoms with E-state index in [1.54, 1.807) is 0 Å². The molecule has 1 aromatic rings. The highest BCUT2D eigenvalue weighted by atomic mass is 32.3. The molecular formula is C7H14N2O4S. The van der Waals surface area contributed by atoms with E-state index in [1.165, 1.54) is 0 Å². The van der Waals surface area contributed by atoms with Crippen LogP contribution in [0.3, 0.4) is 0 Å². The Morgan fingerprint density at radius 3 is 2.21 bits per heavy atom. The van der Waals surface area contributed by atoms with Crippen LogP contribution < -0.4 is 4.68 Å². The zero-order chi connectivity index (χ0) is 11.2. The molecule has 6 nitrogen and oxygen atoms in total. The van der Waals surface area contributed by atoms with Gasteiger partial charge in [-0.2, -0.15) is 4.68 Å². The molecule has 0 aliphatic heterocycles. The van der Waals surface area contributed by atoms with Crippen LogP contribution in [0.2, 0.25) is 0 Å². The Kier molecular flexibility index (Phi) is 5.36. The van der Waals surface area contributed by atoms with Crippen molar-refractivity contribution in [3.8, 4) is 0 Å². The molecule has 82 valence electrons. The van der Waals surface area contributed by atoms with E-state index >= 15 is 0 Å². The van der Waals surface area contributed by atoms with Gasteiger partial charge in [-0.05, 0) is 6.92 Å². The van der Waals surface area contributed by atoms with E-state index in [2.05, 4.69) is 26.7 Å². The number of hydrogen-bond donors (Lipinski definition) is 0. The Balaban J connectivity index is 0.000000255. The van der Waals surface area contributed by atoms with Gasteiger partial charge in [-0.15, -0.1) is 4.68 Å². The molecule has 0 aliphatic rings. The van der Waals surface area contributed by atoms with E-state index in [-0.39, 0.29) is 0 Å². The maximum atomic E-state index is 9.22. The van der Waals surface area contributed by atoms with Crippen molar-refractivity contribution in [2.75, 3.05) is 7.11 Å². The molecule has 1 rings (SSSR count). The van der Waals surface area contributed by atoms with Crippen LogP contribution in [-0.4, -0.2) is 24.8 Å². The highest BCUT2D eigenvalue weighted by Crippen LogP contribution is 1.74. The highest BCUT2D eigenvalue weighted by molar-refractivity contribution is 7.80. The van der Waals surface area contributed by atoms with Crippen molar-refractivity contribution < 1.29 is 21.8 Å². The summed E-state index contributed by atoms with van der Waals surface area (Å²) in [7, 11) is -1.57. The van der Waals surface area contributed by atoms with E-state index in [4.69, 9.17) is 0 Å². The second-order valence-electron chi connectivity index (χ2n) is 2.39. The van der Waals surface area contributed by atoms with E-state index in [0.717, 1.165) is 13.7 Å². The van der Waals surface area contributed by atoms with E-state index in [0.29, 0.717) is 0 Å². The third kappa shape index (κ3) is 5.68. The van der Waals surface area contributed by atoms with Gasteiger partial charge in [0.1, 0.15) is 0 Å². The number of rotatable bonds is 2. The number of nitrogens with zero attached hydrogens (tertiary/aromatic N) is 2. The molecule has 0 bridgehead atoms. The van der Waals surface area contributed by atoms with Gasteiger partial charge in [-0.3, -0.25) is 4.18 Å². The lowest BCUT2D eigenvalue weighted by Crippen LogP contribution is -2.39. The first-order valence-corrected chi connectivity index (χ1v) is 5.26. The summed E-state index contributed by atoms with van der Waals surface area (Å²) in [5.41, 5.74) is 0. The lowest BCUT2D eigenvalue weighted by Gasteiger charge is -1.98. The first kappa shape index (κ1) is 13.1. The molecule has 0 saturated carbocycles. The molecule has 0 aromatic carbocycles. The van der Waals surface area contributed by atoms with Crippen molar-refractivity contribution in [3.63, 3.8) is 0 Å². The second kappa shape index (κ2) is 5.74. The van der Waals surface area contributed by atoms with Crippen LogP contribution in [-0.2, 0) is 28.2 Å². The monoisotopic (exact) mass is 222 g/mol. The fourth-order valence-corrected chi connectivity index (χ4v) is 0.782. The number of aryl methyl sites for hydroxylation is 2. The van der Waals surface area contributed by atoms with E-state index in [9.17, 15) is 13.0 Å². The molecule has 0 amide bonds. The summed E-state index contributed by atoms with van der Waals surface area (Å²) in [5.74, 6) is 0. The molecule has 7 heteroatoms. The zero-order valence-corrected chi connectivity index (χ0v) is 9.19. The predicted molar refractivity (Wildman–Crippen MR) is 48.0 cm³/mol. The van der Waals surface area contributed by atoms with Crippen molar-refractivity contribution in [2.45, 2.75) is 13.5 Å². The fraction of sp³-hybridized carbons (Fsp3) is 0.571. The second-order valence-corrected chi connectivity index (χ2v) is 3.54. The van der Waals surface area contributed by atoms with Crippen LogP contribution in [0, 0.1) is 0 Å². The molecule has 1 aromatic heterocycles. The van der Waals surface area contributed by atoms with Crippen molar-refractivity contribution >= 4 is 10.4 Å². The third-order valence-electron chi connectivity index (χ3n) is 1.49. The maximum Gasteiger partial charge on any atom is 0.217 e. The SMILES string of the molecule is CC[n+]1cccn1C.COS(=O)(=O)[O-]. The average molecular weight is 222 g/mol. The zero-order valence-electron chi connectivity index (χ0n) is 8.37. The largest absolute Gasteiger partial charge is 0.726 e. The van der Waals surface area contributed by atoms with Crippen LogP contribution in [0.15, 0.2) is 18.5 Å². The standard InChI is InChI=1S/C6H11N2.CH4O4S/c1-3-8-6-4-5-7(8)2;1-5-6(2,3)4/h4-6H,3H2,1-2H3;1H3,(H,2,3,4)/q+1;/p-1. The summed E-state index contributed by atoms with van der Waals surface area (Å²) >= 11 is 0. The van der Waals surface area contributed by atoms with Gasteiger partial charge in [0, 0.05) is 6.07 Å². The van der Waals surface area contributed by atoms with Crippen molar-refractivity contribution in [1.82, 2.24) is 4.68 Å². The Bertz CT molecular complexity index is 358. The minimum absolute atomic E-state index is 0.808.